The van der Waals surface area contributed by atoms with Crippen molar-refractivity contribution < 1.29 is 4.74 Å². The van der Waals surface area contributed by atoms with Gasteiger partial charge in [0, 0.05) is 19.2 Å². The molecule has 0 amide bonds. The third-order valence-electron chi connectivity index (χ3n) is 3.51. The molecular weight excluding hydrogens is 186 g/mol. The third kappa shape index (κ3) is 4.98. The van der Waals surface area contributed by atoms with Gasteiger partial charge in [0.2, 0.25) is 0 Å². The highest BCUT2D eigenvalue weighted by molar-refractivity contribution is 4.81. The van der Waals surface area contributed by atoms with Gasteiger partial charge in [0.15, 0.2) is 0 Å². The second-order valence-electron chi connectivity index (χ2n) is 5.31. The zero-order valence-electron chi connectivity index (χ0n) is 10.6. The van der Waals surface area contributed by atoms with Crippen molar-refractivity contribution in [1.82, 2.24) is 5.32 Å². The smallest absolute Gasteiger partial charge is 0.0616 e. The van der Waals surface area contributed by atoms with Gasteiger partial charge in [0.1, 0.15) is 0 Å². The Bertz CT molecular complexity index is 164. The summed E-state index contributed by atoms with van der Waals surface area (Å²) in [7, 11) is 0. The van der Waals surface area contributed by atoms with Crippen LogP contribution >= 0.6 is 0 Å². The van der Waals surface area contributed by atoms with Gasteiger partial charge in [0.25, 0.3) is 0 Å². The van der Waals surface area contributed by atoms with Crippen molar-refractivity contribution in [2.24, 2.45) is 5.41 Å². The fourth-order valence-corrected chi connectivity index (χ4v) is 2.36. The molecular formula is C13H27NO. The first kappa shape index (κ1) is 13.0. The van der Waals surface area contributed by atoms with Crippen LogP contribution in [0.1, 0.15) is 52.9 Å². The normalized spacial score (nSPS) is 22.6. The van der Waals surface area contributed by atoms with E-state index in [4.69, 9.17) is 4.74 Å². The number of hydrogen-bond donors (Lipinski definition) is 1. The van der Waals surface area contributed by atoms with E-state index in [-0.39, 0.29) is 0 Å². The Balaban J connectivity index is 2.16. The molecule has 2 heteroatoms. The van der Waals surface area contributed by atoms with E-state index in [0.29, 0.717) is 11.5 Å². The molecule has 1 rings (SSSR count). The molecule has 15 heavy (non-hydrogen) atoms. The molecule has 1 N–H and O–H groups in total. The van der Waals surface area contributed by atoms with Crippen molar-refractivity contribution >= 4 is 0 Å². The second-order valence-corrected chi connectivity index (χ2v) is 5.31. The van der Waals surface area contributed by atoms with Crippen molar-refractivity contribution in [2.75, 3.05) is 19.8 Å². The van der Waals surface area contributed by atoms with E-state index in [1.807, 2.05) is 0 Å². The minimum absolute atomic E-state index is 0.490. The molecule has 0 aromatic heterocycles. The van der Waals surface area contributed by atoms with E-state index in [1.165, 1.54) is 32.1 Å². The van der Waals surface area contributed by atoms with Crippen LogP contribution in [0, 0.1) is 5.41 Å². The molecule has 1 saturated carbocycles. The number of nitrogens with one attached hydrogen (secondary N) is 1. The Labute approximate surface area is 94.8 Å². The molecule has 0 spiro atoms. The van der Waals surface area contributed by atoms with Crippen LogP contribution in [0.15, 0.2) is 0 Å². The van der Waals surface area contributed by atoms with E-state index in [1.54, 1.807) is 0 Å². The summed E-state index contributed by atoms with van der Waals surface area (Å²) in [6, 6.07) is 0.490. The molecule has 0 radical (unpaired) electrons. The molecule has 1 aliphatic rings. The summed E-state index contributed by atoms with van der Waals surface area (Å²) in [5.74, 6) is 0. The summed E-state index contributed by atoms with van der Waals surface area (Å²) >= 11 is 0. The molecule has 1 fully saturated rings. The molecule has 0 heterocycles. The minimum atomic E-state index is 0.490. The Morgan fingerprint density at radius 1 is 1.27 bits per heavy atom. The highest BCUT2D eigenvalue weighted by Gasteiger charge is 2.26. The molecule has 1 unspecified atom stereocenters. The van der Waals surface area contributed by atoms with E-state index < -0.39 is 0 Å². The van der Waals surface area contributed by atoms with Gasteiger partial charge >= 0.3 is 0 Å². The van der Waals surface area contributed by atoms with Crippen LogP contribution < -0.4 is 5.32 Å². The standard InChI is InChI=1S/C13H27NO/c1-4-15-10-12(2)14-11-13(3)8-6-5-7-9-13/h12,14H,4-11H2,1-3H3. The van der Waals surface area contributed by atoms with Crippen LogP contribution in [-0.4, -0.2) is 25.8 Å². The predicted molar refractivity (Wildman–Crippen MR) is 65.1 cm³/mol. The van der Waals surface area contributed by atoms with Crippen LogP contribution in [-0.2, 0) is 4.74 Å². The van der Waals surface area contributed by atoms with E-state index >= 15 is 0 Å². The minimum Gasteiger partial charge on any atom is -0.380 e. The lowest BCUT2D eigenvalue weighted by Crippen LogP contribution is -2.40. The number of rotatable bonds is 6. The first-order chi connectivity index (χ1) is 7.16. The van der Waals surface area contributed by atoms with E-state index in [0.717, 1.165) is 19.8 Å². The van der Waals surface area contributed by atoms with Gasteiger partial charge < -0.3 is 10.1 Å². The topological polar surface area (TPSA) is 21.3 Å². The predicted octanol–water partition coefficient (Wildman–Crippen LogP) is 2.97. The van der Waals surface area contributed by atoms with Gasteiger partial charge in [-0.15, -0.1) is 0 Å². The fourth-order valence-electron chi connectivity index (χ4n) is 2.36. The lowest BCUT2D eigenvalue weighted by Gasteiger charge is -2.34. The van der Waals surface area contributed by atoms with Gasteiger partial charge in [0.05, 0.1) is 6.61 Å². The van der Waals surface area contributed by atoms with Crippen molar-refractivity contribution in [3.8, 4) is 0 Å². The van der Waals surface area contributed by atoms with Gasteiger partial charge in [-0.1, -0.05) is 26.2 Å². The zero-order valence-corrected chi connectivity index (χ0v) is 10.6. The average Bonchev–Trinajstić information content (AvgIpc) is 2.25. The number of ether oxygens (including phenoxy) is 1. The van der Waals surface area contributed by atoms with Crippen LogP contribution in [0.2, 0.25) is 0 Å². The summed E-state index contributed by atoms with van der Waals surface area (Å²) in [4.78, 5) is 0. The lowest BCUT2D eigenvalue weighted by atomic mass is 9.75. The molecule has 0 saturated heterocycles. The fraction of sp³-hybridized carbons (Fsp3) is 1.00. The van der Waals surface area contributed by atoms with E-state index in [9.17, 15) is 0 Å². The van der Waals surface area contributed by atoms with Crippen LogP contribution in [0.4, 0.5) is 0 Å². The Morgan fingerprint density at radius 2 is 1.93 bits per heavy atom. The molecule has 0 aromatic rings. The first-order valence-electron chi connectivity index (χ1n) is 6.47. The van der Waals surface area contributed by atoms with Gasteiger partial charge in [-0.05, 0) is 32.1 Å². The molecule has 0 aromatic carbocycles. The summed E-state index contributed by atoms with van der Waals surface area (Å²) in [6.45, 7) is 9.50. The van der Waals surface area contributed by atoms with E-state index in [2.05, 4.69) is 26.1 Å². The maximum atomic E-state index is 5.41. The van der Waals surface area contributed by atoms with Crippen LogP contribution in [0.25, 0.3) is 0 Å². The van der Waals surface area contributed by atoms with Gasteiger partial charge in [-0.25, -0.2) is 0 Å². The Morgan fingerprint density at radius 3 is 2.53 bits per heavy atom. The van der Waals surface area contributed by atoms with Gasteiger partial charge in [-0.2, -0.15) is 0 Å². The largest absolute Gasteiger partial charge is 0.380 e. The third-order valence-corrected chi connectivity index (χ3v) is 3.51. The average molecular weight is 213 g/mol. The van der Waals surface area contributed by atoms with Crippen LogP contribution in [0.5, 0.6) is 0 Å². The second kappa shape index (κ2) is 6.49. The molecule has 2 nitrogen and oxygen atoms in total. The highest BCUT2D eigenvalue weighted by atomic mass is 16.5. The van der Waals surface area contributed by atoms with Crippen molar-refractivity contribution in [2.45, 2.75) is 58.9 Å². The lowest BCUT2D eigenvalue weighted by molar-refractivity contribution is 0.117. The Kier molecular flexibility index (Phi) is 5.62. The SMILES string of the molecule is CCOCC(C)NCC1(C)CCCCC1. The zero-order chi connectivity index (χ0) is 11.1. The highest BCUT2D eigenvalue weighted by Crippen LogP contribution is 2.34. The van der Waals surface area contributed by atoms with Crippen molar-refractivity contribution in [3.63, 3.8) is 0 Å². The monoisotopic (exact) mass is 213 g/mol. The maximum absolute atomic E-state index is 5.41. The molecule has 90 valence electrons. The molecule has 1 atom stereocenters. The van der Waals surface area contributed by atoms with Crippen molar-refractivity contribution in [1.29, 1.82) is 0 Å². The quantitative estimate of drug-likeness (QED) is 0.732. The molecule has 0 bridgehead atoms. The first-order valence-corrected chi connectivity index (χ1v) is 6.47. The summed E-state index contributed by atoms with van der Waals surface area (Å²) in [5, 5.41) is 3.60. The summed E-state index contributed by atoms with van der Waals surface area (Å²) in [5.41, 5.74) is 0.540. The Hall–Kier alpha value is -0.0800. The van der Waals surface area contributed by atoms with Crippen LogP contribution in [0.3, 0.4) is 0 Å². The van der Waals surface area contributed by atoms with Gasteiger partial charge in [-0.3, -0.25) is 0 Å². The molecule has 0 aliphatic heterocycles. The maximum Gasteiger partial charge on any atom is 0.0616 e. The summed E-state index contributed by atoms with van der Waals surface area (Å²) in [6.07, 6.45) is 7.04. The number of hydrogen-bond acceptors (Lipinski definition) is 2. The molecule has 1 aliphatic carbocycles. The van der Waals surface area contributed by atoms with Crippen molar-refractivity contribution in [3.05, 3.63) is 0 Å². The summed E-state index contributed by atoms with van der Waals surface area (Å²) < 4.78 is 5.41.